The van der Waals surface area contributed by atoms with Crippen LogP contribution in [-0.2, 0) is 0 Å². The van der Waals surface area contributed by atoms with Gasteiger partial charge in [-0.15, -0.1) is 0 Å². The van der Waals surface area contributed by atoms with E-state index in [0.717, 1.165) is 24.8 Å². The maximum Gasteiger partial charge on any atom is 0.354 e. The van der Waals surface area contributed by atoms with Crippen molar-refractivity contribution in [1.82, 2.24) is 4.98 Å². The van der Waals surface area contributed by atoms with Crippen molar-refractivity contribution in [2.75, 3.05) is 18.0 Å². The predicted octanol–water partition coefficient (Wildman–Crippen LogP) is 2.80. The Hall–Kier alpha value is -1.58. The van der Waals surface area contributed by atoms with Crippen LogP contribution in [0, 0.1) is 11.3 Å². The highest BCUT2D eigenvalue weighted by molar-refractivity contribution is 5.85. The molecule has 0 bridgehead atoms. The van der Waals surface area contributed by atoms with Gasteiger partial charge in [-0.25, -0.2) is 9.78 Å². The van der Waals surface area contributed by atoms with Gasteiger partial charge in [-0.3, -0.25) is 0 Å². The van der Waals surface area contributed by atoms with Gasteiger partial charge < -0.3 is 10.0 Å². The number of aromatic nitrogens is 1. The molecule has 1 spiro atoms. The Kier molecular flexibility index (Phi) is 2.96. The molecule has 0 aromatic carbocycles. The van der Waals surface area contributed by atoms with Crippen LogP contribution in [0.4, 0.5) is 5.82 Å². The highest BCUT2D eigenvalue weighted by Gasteiger charge is 2.45. The van der Waals surface area contributed by atoms with E-state index in [1.165, 1.54) is 25.7 Å². The molecule has 19 heavy (non-hydrogen) atoms. The van der Waals surface area contributed by atoms with Gasteiger partial charge in [-0.2, -0.15) is 0 Å². The summed E-state index contributed by atoms with van der Waals surface area (Å²) in [6.45, 7) is 4.38. The second kappa shape index (κ2) is 4.51. The lowest BCUT2D eigenvalue weighted by atomic mass is 9.59. The summed E-state index contributed by atoms with van der Waals surface area (Å²) in [5, 5.41) is 9.03. The van der Waals surface area contributed by atoms with Crippen LogP contribution >= 0.6 is 0 Å². The van der Waals surface area contributed by atoms with Crippen molar-refractivity contribution in [3.63, 3.8) is 0 Å². The van der Waals surface area contributed by atoms with Crippen molar-refractivity contribution in [2.24, 2.45) is 11.3 Å². The average Bonchev–Trinajstić information content (AvgIpc) is 2.37. The molecule has 0 radical (unpaired) electrons. The van der Waals surface area contributed by atoms with Crippen LogP contribution in [0.5, 0.6) is 0 Å². The molecule has 0 amide bonds. The SMILES string of the molecule is CC1CCN(c2cccc(C(=O)O)n2)CC12CCC2. The normalized spacial score (nSPS) is 25.1. The quantitative estimate of drug-likeness (QED) is 0.888. The van der Waals surface area contributed by atoms with Gasteiger partial charge in [0, 0.05) is 13.1 Å². The van der Waals surface area contributed by atoms with Crippen molar-refractivity contribution in [2.45, 2.75) is 32.6 Å². The number of carbonyl (C=O) groups is 1. The van der Waals surface area contributed by atoms with Gasteiger partial charge in [0.05, 0.1) is 0 Å². The van der Waals surface area contributed by atoms with Crippen molar-refractivity contribution < 1.29 is 9.90 Å². The Labute approximate surface area is 113 Å². The van der Waals surface area contributed by atoms with Crippen molar-refractivity contribution in [3.05, 3.63) is 23.9 Å². The summed E-state index contributed by atoms with van der Waals surface area (Å²) in [6, 6.07) is 5.27. The smallest absolute Gasteiger partial charge is 0.354 e. The highest BCUT2D eigenvalue weighted by Crippen LogP contribution is 2.51. The van der Waals surface area contributed by atoms with E-state index in [1.54, 1.807) is 12.1 Å². The lowest BCUT2D eigenvalue weighted by Gasteiger charge is -2.53. The Bertz CT molecular complexity index is 497. The van der Waals surface area contributed by atoms with Gasteiger partial charge in [-0.1, -0.05) is 19.4 Å². The molecule has 1 aromatic heterocycles. The van der Waals surface area contributed by atoms with Gasteiger partial charge >= 0.3 is 5.97 Å². The van der Waals surface area contributed by atoms with Crippen molar-refractivity contribution >= 4 is 11.8 Å². The third kappa shape index (κ3) is 2.09. The summed E-state index contributed by atoms with van der Waals surface area (Å²) < 4.78 is 0. The van der Waals surface area contributed by atoms with Crippen LogP contribution in [0.25, 0.3) is 0 Å². The predicted molar refractivity (Wildman–Crippen MR) is 73.5 cm³/mol. The number of pyridine rings is 1. The largest absolute Gasteiger partial charge is 0.477 e. The van der Waals surface area contributed by atoms with Gasteiger partial charge in [0.2, 0.25) is 0 Å². The number of nitrogens with zero attached hydrogens (tertiary/aromatic N) is 2. The fraction of sp³-hybridized carbons (Fsp3) is 0.600. The number of hydrogen-bond acceptors (Lipinski definition) is 3. The van der Waals surface area contributed by atoms with Crippen LogP contribution in [0.3, 0.4) is 0 Å². The third-order valence-electron chi connectivity index (χ3n) is 5.01. The number of carboxylic acid groups (broad SMARTS) is 1. The van der Waals surface area contributed by atoms with Crippen molar-refractivity contribution in [3.8, 4) is 0 Å². The summed E-state index contributed by atoms with van der Waals surface area (Å²) in [5.41, 5.74) is 0.595. The average molecular weight is 260 g/mol. The minimum absolute atomic E-state index is 0.138. The first-order valence-electron chi connectivity index (χ1n) is 7.06. The van der Waals surface area contributed by atoms with E-state index >= 15 is 0 Å². The van der Waals surface area contributed by atoms with Crippen LogP contribution in [0.15, 0.2) is 18.2 Å². The molecule has 2 aliphatic rings. The van der Waals surface area contributed by atoms with Crippen LogP contribution in [0.1, 0.15) is 43.1 Å². The molecule has 1 N–H and O–H groups in total. The molecule has 3 rings (SSSR count). The first-order valence-corrected chi connectivity index (χ1v) is 7.06. The number of hydrogen-bond donors (Lipinski definition) is 1. The van der Waals surface area contributed by atoms with E-state index < -0.39 is 5.97 Å². The summed E-state index contributed by atoms with van der Waals surface area (Å²) in [4.78, 5) is 17.5. The second-order valence-electron chi connectivity index (χ2n) is 6.01. The van der Waals surface area contributed by atoms with Crippen LogP contribution in [-0.4, -0.2) is 29.1 Å². The van der Waals surface area contributed by atoms with Gasteiger partial charge in [0.15, 0.2) is 5.69 Å². The van der Waals surface area contributed by atoms with E-state index in [1.807, 2.05) is 6.07 Å². The Morgan fingerprint density at radius 1 is 1.47 bits per heavy atom. The first kappa shape index (κ1) is 12.5. The minimum atomic E-state index is -0.953. The minimum Gasteiger partial charge on any atom is -0.477 e. The Morgan fingerprint density at radius 2 is 2.26 bits per heavy atom. The monoisotopic (exact) mass is 260 g/mol. The number of anilines is 1. The van der Waals surface area contributed by atoms with E-state index in [-0.39, 0.29) is 5.69 Å². The molecule has 1 saturated heterocycles. The lowest BCUT2D eigenvalue weighted by molar-refractivity contribution is 0.0445. The zero-order chi connectivity index (χ0) is 13.5. The number of aromatic carboxylic acids is 1. The third-order valence-corrected chi connectivity index (χ3v) is 5.01. The topological polar surface area (TPSA) is 53.4 Å². The lowest BCUT2D eigenvalue weighted by Crippen LogP contribution is -2.52. The summed E-state index contributed by atoms with van der Waals surface area (Å²) >= 11 is 0. The fourth-order valence-corrected chi connectivity index (χ4v) is 3.47. The van der Waals surface area contributed by atoms with E-state index in [9.17, 15) is 4.79 Å². The molecule has 1 aromatic rings. The molecule has 1 unspecified atom stereocenters. The van der Waals surface area contributed by atoms with Gasteiger partial charge in [0.25, 0.3) is 0 Å². The maximum atomic E-state index is 11.0. The molecular weight excluding hydrogens is 240 g/mol. The zero-order valence-electron chi connectivity index (χ0n) is 11.3. The maximum absolute atomic E-state index is 11.0. The molecule has 1 saturated carbocycles. The highest BCUT2D eigenvalue weighted by atomic mass is 16.4. The van der Waals surface area contributed by atoms with E-state index in [4.69, 9.17) is 5.11 Å². The first-order chi connectivity index (χ1) is 9.11. The molecular formula is C15H20N2O2. The summed E-state index contributed by atoms with van der Waals surface area (Å²) in [6.07, 6.45) is 5.13. The number of rotatable bonds is 2. The number of carboxylic acids is 1. The molecule has 4 heteroatoms. The number of piperidine rings is 1. The van der Waals surface area contributed by atoms with Crippen LogP contribution < -0.4 is 4.90 Å². The molecule has 102 valence electrons. The van der Waals surface area contributed by atoms with E-state index in [0.29, 0.717) is 5.41 Å². The molecule has 2 heterocycles. The molecule has 1 aliphatic heterocycles. The second-order valence-corrected chi connectivity index (χ2v) is 6.01. The van der Waals surface area contributed by atoms with E-state index in [2.05, 4.69) is 16.8 Å². The van der Waals surface area contributed by atoms with Crippen LogP contribution in [0.2, 0.25) is 0 Å². The molecule has 1 aliphatic carbocycles. The Morgan fingerprint density at radius 3 is 2.89 bits per heavy atom. The fourth-order valence-electron chi connectivity index (χ4n) is 3.47. The van der Waals surface area contributed by atoms with Crippen molar-refractivity contribution in [1.29, 1.82) is 0 Å². The molecule has 2 fully saturated rings. The summed E-state index contributed by atoms with van der Waals surface area (Å²) in [5.74, 6) is 0.642. The van der Waals surface area contributed by atoms with Gasteiger partial charge in [-0.05, 0) is 42.7 Å². The standard InChI is InChI=1S/C15H20N2O2/c1-11-6-9-17(10-15(11)7-3-8-15)13-5-2-4-12(16-13)14(18)19/h2,4-5,11H,3,6-10H2,1H3,(H,18,19). The zero-order valence-corrected chi connectivity index (χ0v) is 11.3. The molecule has 4 nitrogen and oxygen atoms in total. The molecule has 1 atom stereocenters. The summed E-state index contributed by atoms with van der Waals surface area (Å²) in [7, 11) is 0. The Balaban J connectivity index is 1.82. The van der Waals surface area contributed by atoms with Gasteiger partial charge in [0.1, 0.15) is 5.82 Å².